The largest absolute Gasteiger partial charge is 0.337 e. The van der Waals surface area contributed by atoms with Gasteiger partial charge in [0, 0.05) is 36.0 Å². The molecule has 0 saturated carbocycles. The van der Waals surface area contributed by atoms with Crippen LogP contribution in [0.25, 0.3) is 0 Å². The summed E-state index contributed by atoms with van der Waals surface area (Å²) in [6, 6.07) is 7.77. The van der Waals surface area contributed by atoms with Crippen LogP contribution in [0.5, 0.6) is 0 Å². The van der Waals surface area contributed by atoms with E-state index in [9.17, 15) is 4.79 Å². The maximum Gasteiger partial charge on any atom is 0.273 e. The normalized spacial score (nSPS) is 13.7. The van der Waals surface area contributed by atoms with Gasteiger partial charge in [0.2, 0.25) is 0 Å². The number of carbonyl (C=O) groups is 1. The van der Waals surface area contributed by atoms with Crippen molar-refractivity contribution in [3.8, 4) is 0 Å². The molecule has 0 unspecified atom stereocenters. The average molecular weight is 338 g/mol. The number of hydrogen-bond donors (Lipinski definition) is 1. The summed E-state index contributed by atoms with van der Waals surface area (Å²) < 4.78 is 0. The molecule has 22 heavy (non-hydrogen) atoms. The summed E-state index contributed by atoms with van der Waals surface area (Å²) in [5.74, 6) is 0.114. The first-order valence-electron chi connectivity index (χ1n) is 7.11. The first-order chi connectivity index (χ1) is 10.4. The number of aromatic nitrogens is 1. The molecule has 1 aromatic heterocycles. The van der Waals surface area contributed by atoms with Crippen LogP contribution in [0.3, 0.4) is 0 Å². The second kappa shape index (κ2) is 7.22. The molecule has 2 atom stereocenters. The van der Waals surface area contributed by atoms with E-state index >= 15 is 0 Å². The molecule has 4 nitrogen and oxygen atoms in total. The summed E-state index contributed by atoms with van der Waals surface area (Å²) in [4.78, 5) is 18.5. The number of hydrogen-bond acceptors (Lipinski definition) is 4. The van der Waals surface area contributed by atoms with Crippen molar-refractivity contribution in [3.05, 3.63) is 50.9 Å². The number of rotatable bonds is 5. The smallest absolute Gasteiger partial charge is 0.273 e. The van der Waals surface area contributed by atoms with Crippen molar-refractivity contribution in [2.75, 3.05) is 7.05 Å². The lowest BCUT2D eigenvalue weighted by atomic mass is 9.93. The van der Waals surface area contributed by atoms with Crippen LogP contribution in [0.2, 0.25) is 5.02 Å². The van der Waals surface area contributed by atoms with E-state index in [0.29, 0.717) is 17.3 Å². The van der Waals surface area contributed by atoms with E-state index in [1.807, 2.05) is 31.2 Å². The van der Waals surface area contributed by atoms with E-state index in [4.69, 9.17) is 17.3 Å². The third-order valence-electron chi connectivity index (χ3n) is 4.00. The van der Waals surface area contributed by atoms with Gasteiger partial charge in [0.15, 0.2) is 0 Å². The predicted octanol–water partition coefficient (Wildman–Crippen LogP) is 3.52. The minimum Gasteiger partial charge on any atom is -0.337 e. The van der Waals surface area contributed by atoms with E-state index in [-0.39, 0.29) is 17.9 Å². The standard InChI is InChI=1S/C16H20ClN3OS/c1-10(12-4-6-13(17)7-5-12)11(2)20(3)16(21)14-9-22-15(8-18)19-14/h4-7,9-11H,8,18H2,1-3H3/t10-,11-/m1/s1. The number of benzene rings is 1. The van der Waals surface area contributed by atoms with Gasteiger partial charge in [-0.1, -0.05) is 30.7 Å². The second-order valence-electron chi connectivity index (χ2n) is 5.33. The Bertz CT molecular complexity index is 641. The molecule has 0 aliphatic rings. The van der Waals surface area contributed by atoms with E-state index in [2.05, 4.69) is 11.9 Å². The molecule has 0 spiro atoms. The highest BCUT2D eigenvalue weighted by Crippen LogP contribution is 2.25. The van der Waals surface area contributed by atoms with Crippen molar-refractivity contribution >= 4 is 28.8 Å². The van der Waals surface area contributed by atoms with Gasteiger partial charge in [0.25, 0.3) is 5.91 Å². The molecule has 1 aromatic carbocycles. The maximum absolute atomic E-state index is 12.5. The fourth-order valence-corrected chi connectivity index (χ4v) is 3.02. The number of thiazole rings is 1. The molecule has 2 N–H and O–H groups in total. The molecule has 0 saturated heterocycles. The molecule has 0 radical (unpaired) electrons. The van der Waals surface area contributed by atoms with Crippen molar-refractivity contribution in [2.24, 2.45) is 5.73 Å². The Hall–Kier alpha value is -1.43. The lowest BCUT2D eigenvalue weighted by Crippen LogP contribution is -2.38. The maximum atomic E-state index is 12.5. The summed E-state index contributed by atoms with van der Waals surface area (Å²) in [6.45, 7) is 4.50. The van der Waals surface area contributed by atoms with E-state index < -0.39 is 0 Å². The Kier molecular flexibility index (Phi) is 5.56. The molecule has 1 heterocycles. The molecule has 2 aromatic rings. The van der Waals surface area contributed by atoms with Gasteiger partial charge in [-0.3, -0.25) is 4.79 Å². The Morgan fingerprint density at radius 3 is 2.55 bits per heavy atom. The van der Waals surface area contributed by atoms with Gasteiger partial charge in [-0.25, -0.2) is 4.98 Å². The summed E-state index contributed by atoms with van der Waals surface area (Å²) in [7, 11) is 1.81. The van der Waals surface area contributed by atoms with Crippen LogP contribution in [-0.2, 0) is 6.54 Å². The summed E-state index contributed by atoms with van der Waals surface area (Å²) in [6.07, 6.45) is 0. The quantitative estimate of drug-likeness (QED) is 0.908. The molecular formula is C16H20ClN3OS. The highest BCUT2D eigenvalue weighted by molar-refractivity contribution is 7.09. The third kappa shape index (κ3) is 3.66. The number of nitrogens with two attached hydrogens (primary N) is 1. The lowest BCUT2D eigenvalue weighted by molar-refractivity contribution is 0.0721. The summed E-state index contributed by atoms with van der Waals surface area (Å²) in [5, 5.41) is 3.25. The average Bonchev–Trinajstić information content (AvgIpc) is 3.01. The van der Waals surface area contributed by atoms with Crippen molar-refractivity contribution in [2.45, 2.75) is 32.4 Å². The molecule has 118 valence electrons. The van der Waals surface area contributed by atoms with Crippen LogP contribution in [0.1, 0.15) is 40.8 Å². The van der Waals surface area contributed by atoms with Crippen LogP contribution in [0.4, 0.5) is 0 Å². The highest BCUT2D eigenvalue weighted by atomic mass is 35.5. The first-order valence-corrected chi connectivity index (χ1v) is 8.37. The van der Waals surface area contributed by atoms with Crippen LogP contribution in [0.15, 0.2) is 29.6 Å². The Labute approximate surface area is 139 Å². The van der Waals surface area contributed by atoms with Crippen molar-refractivity contribution in [3.63, 3.8) is 0 Å². The number of halogens is 1. The Balaban J connectivity index is 2.11. The minimum atomic E-state index is -0.0794. The molecule has 0 bridgehead atoms. The zero-order valence-electron chi connectivity index (χ0n) is 12.9. The third-order valence-corrected chi connectivity index (χ3v) is 5.12. The molecule has 1 amide bonds. The molecule has 0 aliphatic carbocycles. The van der Waals surface area contributed by atoms with Crippen LogP contribution in [-0.4, -0.2) is 28.9 Å². The number of nitrogens with zero attached hydrogens (tertiary/aromatic N) is 2. The zero-order valence-corrected chi connectivity index (χ0v) is 14.5. The molecule has 0 aliphatic heterocycles. The SMILES string of the molecule is C[C@H]([C@@H](C)c1ccc(Cl)cc1)N(C)C(=O)c1csc(CN)n1. The van der Waals surface area contributed by atoms with Crippen LogP contribution >= 0.6 is 22.9 Å². The Morgan fingerprint density at radius 1 is 1.36 bits per heavy atom. The molecule has 0 fully saturated rings. The van der Waals surface area contributed by atoms with Gasteiger partial charge in [-0.15, -0.1) is 11.3 Å². The number of likely N-dealkylation sites (N-methyl/N-ethyl adjacent to an activating group) is 1. The summed E-state index contributed by atoms with van der Waals surface area (Å²) >= 11 is 7.34. The van der Waals surface area contributed by atoms with Gasteiger partial charge in [0.05, 0.1) is 0 Å². The lowest BCUT2D eigenvalue weighted by Gasteiger charge is -2.29. The predicted molar refractivity (Wildman–Crippen MR) is 91.4 cm³/mol. The highest BCUT2D eigenvalue weighted by Gasteiger charge is 2.24. The molecule has 6 heteroatoms. The monoisotopic (exact) mass is 337 g/mol. The van der Waals surface area contributed by atoms with Gasteiger partial charge in [0.1, 0.15) is 10.7 Å². The van der Waals surface area contributed by atoms with Gasteiger partial charge in [-0.05, 0) is 24.6 Å². The van der Waals surface area contributed by atoms with E-state index in [1.165, 1.54) is 11.3 Å². The fourth-order valence-electron chi connectivity index (χ4n) is 2.25. The van der Waals surface area contributed by atoms with E-state index in [0.717, 1.165) is 10.6 Å². The topological polar surface area (TPSA) is 59.2 Å². The molecule has 2 rings (SSSR count). The van der Waals surface area contributed by atoms with E-state index in [1.54, 1.807) is 17.3 Å². The van der Waals surface area contributed by atoms with Gasteiger partial charge in [-0.2, -0.15) is 0 Å². The molecular weight excluding hydrogens is 318 g/mol. The van der Waals surface area contributed by atoms with Gasteiger partial charge >= 0.3 is 0 Å². The fraction of sp³-hybridized carbons (Fsp3) is 0.375. The van der Waals surface area contributed by atoms with Crippen LogP contribution < -0.4 is 5.73 Å². The van der Waals surface area contributed by atoms with Crippen molar-refractivity contribution in [1.29, 1.82) is 0 Å². The second-order valence-corrected chi connectivity index (χ2v) is 6.71. The number of carbonyl (C=O) groups excluding carboxylic acids is 1. The summed E-state index contributed by atoms with van der Waals surface area (Å²) in [5.41, 5.74) is 7.16. The van der Waals surface area contributed by atoms with Crippen molar-refractivity contribution in [1.82, 2.24) is 9.88 Å². The minimum absolute atomic E-state index is 0.0386. The first kappa shape index (κ1) is 16.9. The zero-order chi connectivity index (χ0) is 16.3. The van der Waals surface area contributed by atoms with Crippen molar-refractivity contribution < 1.29 is 4.79 Å². The Morgan fingerprint density at radius 2 is 2.00 bits per heavy atom. The number of amides is 1. The van der Waals surface area contributed by atoms with Gasteiger partial charge < -0.3 is 10.6 Å². The van der Waals surface area contributed by atoms with Crippen LogP contribution in [0, 0.1) is 0 Å².